The highest BCUT2D eigenvalue weighted by molar-refractivity contribution is 5.95. The van der Waals surface area contributed by atoms with Crippen molar-refractivity contribution in [2.24, 2.45) is 5.73 Å². The predicted octanol–water partition coefficient (Wildman–Crippen LogP) is 2.10. The van der Waals surface area contributed by atoms with Crippen LogP contribution in [0, 0.1) is 5.82 Å². The third-order valence-corrected chi connectivity index (χ3v) is 3.95. The number of halogens is 1. The third-order valence-electron chi connectivity index (χ3n) is 3.95. The molecule has 1 aliphatic rings. The molecule has 5 N–H and O–H groups in total. The molecule has 0 saturated heterocycles. The van der Waals surface area contributed by atoms with Crippen LogP contribution in [-0.4, -0.2) is 40.3 Å². The average Bonchev–Trinajstić information content (AvgIpc) is 2.51. The summed E-state index contributed by atoms with van der Waals surface area (Å²) in [5.41, 5.74) is 5.14. The molecule has 138 valence electrons. The molecule has 1 saturated carbocycles. The topological polar surface area (TPSA) is 127 Å². The Balaban J connectivity index is 2.09. The van der Waals surface area contributed by atoms with Crippen LogP contribution in [0.5, 0.6) is 5.88 Å². The fourth-order valence-electron chi connectivity index (χ4n) is 2.81. The quantitative estimate of drug-likeness (QED) is 0.620. The standard InChI is InChI=1S/C16H23FN4O4/c1-8(2)25-15-11(13(18)22)7-12(17)14(21-15)19-9-3-5-10(6-4-9)20-16(23)24/h7-10,20H,3-6H2,1-2H3,(H2,18,22)(H,19,21)(H,23,24)/t9-,10-. The molecule has 2 amide bonds. The zero-order valence-corrected chi connectivity index (χ0v) is 14.2. The first-order valence-electron chi connectivity index (χ1n) is 8.19. The maximum Gasteiger partial charge on any atom is 0.404 e. The van der Waals surface area contributed by atoms with Gasteiger partial charge >= 0.3 is 6.09 Å². The highest BCUT2D eigenvalue weighted by Gasteiger charge is 2.24. The zero-order chi connectivity index (χ0) is 18.6. The van der Waals surface area contributed by atoms with Gasteiger partial charge in [0.2, 0.25) is 5.88 Å². The Labute approximate surface area is 144 Å². The molecule has 0 atom stereocenters. The van der Waals surface area contributed by atoms with E-state index < -0.39 is 17.8 Å². The number of carbonyl (C=O) groups excluding carboxylic acids is 1. The molecule has 25 heavy (non-hydrogen) atoms. The third kappa shape index (κ3) is 5.20. The second-order valence-corrected chi connectivity index (χ2v) is 6.34. The van der Waals surface area contributed by atoms with Crippen LogP contribution in [-0.2, 0) is 0 Å². The lowest BCUT2D eigenvalue weighted by molar-refractivity contribution is 0.0992. The molecular formula is C16H23FN4O4. The predicted molar refractivity (Wildman–Crippen MR) is 89.3 cm³/mol. The van der Waals surface area contributed by atoms with Crippen molar-refractivity contribution < 1.29 is 23.8 Å². The van der Waals surface area contributed by atoms with Crippen molar-refractivity contribution in [3.05, 3.63) is 17.4 Å². The van der Waals surface area contributed by atoms with Crippen molar-refractivity contribution in [1.29, 1.82) is 0 Å². The van der Waals surface area contributed by atoms with Gasteiger partial charge in [-0.1, -0.05) is 0 Å². The lowest BCUT2D eigenvalue weighted by Gasteiger charge is -2.29. The minimum absolute atomic E-state index is 0.00436. The fraction of sp³-hybridized carbons (Fsp3) is 0.562. The van der Waals surface area contributed by atoms with Crippen LogP contribution in [0.3, 0.4) is 0 Å². The van der Waals surface area contributed by atoms with E-state index >= 15 is 0 Å². The maximum absolute atomic E-state index is 14.3. The number of nitrogens with zero attached hydrogens (tertiary/aromatic N) is 1. The number of aromatic nitrogens is 1. The van der Waals surface area contributed by atoms with Gasteiger partial charge < -0.3 is 26.2 Å². The summed E-state index contributed by atoms with van der Waals surface area (Å²) in [5.74, 6) is -1.51. The Morgan fingerprint density at radius 1 is 1.32 bits per heavy atom. The summed E-state index contributed by atoms with van der Waals surface area (Å²) < 4.78 is 19.7. The lowest BCUT2D eigenvalue weighted by Crippen LogP contribution is -2.39. The highest BCUT2D eigenvalue weighted by atomic mass is 19.1. The molecule has 1 fully saturated rings. The largest absolute Gasteiger partial charge is 0.474 e. The minimum Gasteiger partial charge on any atom is -0.474 e. The van der Waals surface area contributed by atoms with Gasteiger partial charge in [0.05, 0.1) is 6.10 Å². The van der Waals surface area contributed by atoms with Gasteiger partial charge in [0.15, 0.2) is 11.6 Å². The molecular weight excluding hydrogens is 331 g/mol. The van der Waals surface area contributed by atoms with Gasteiger partial charge in [-0.25, -0.2) is 9.18 Å². The van der Waals surface area contributed by atoms with Crippen LogP contribution in [0.1, 0.15) is 49.9 Å². The maximum atomic E-state index is 14.3. The summed E-state index contributed by atoms with van der Waals surface area (Å²) in [7, 11) is 0. The Morgan fingerprint density at radius 2 is 1.92 bits per heavy atom. The van der Waals surface area contributed by atoms with Crippen LogP contribution < -0.4 is 21.1 Å². The molecule has 1 aromatic heterocycles. The number of rotatable bonds is 6. The summed E-state index contributed by atoms with van der Waals surface area (Å²) in [6.45, 7) is 3.53. The van der Waals surface area contributed by atoms with Crippen LogP contribution in [0.2, 0.25) is 0 Å². The number of carboxylic acid groups (broad SMARTS) is 1. The van der Waals surface area contributed by atoms with Crippen LogP contribution in [0.25, 0.3) is 0 Å². The van der Waals surface area contributed by atoms with Crippen LogP contribution in [0.4, 0.5) is 15.0 Å². The Hall–Kier alpha value is -2.58. The molecule has 0 bridgehead atoms. The number of nitrogens with two attached hydrogens (primary N) is 1. The molecule has 0 spiro atoms. The molecule has 1 aromatic rings. The van der Waals surface area contributed by atoms with E-state index in [0.29, 0.717) is 25.7 Å². The molecule has 0 radical (unpaired) electrons. The Bertz CT molecular complexity index is 645. The van der Waals surface area contributed by atoms with E-state index in [2.05, 4.69) is 15.6 Å². The molecule has 2 rings (SSSR count). The van der Waals surface area contributed by atoms with E-state index in [1.54, 1.807) is 13.8 Å². The first-order valence-corrected chi connectivity index (χ1v) is 8.19. The summed E-state index contributed by atoms with van der Waals surface area (Å²) >= 11 is 0. The SMILES string of the molecule is CC(C)Oc1nc(N[C@H]2CC[C@H](NC(=O)O)CC2)c(F)cc1C(N)=O. The highest BCUT2D eigenvalue weighted by Crippen LogP contribution is 2.27. The number of pyridine rings is 1. The van der Waals surface area contributed by atoms with Gasteiger partial charge in [0.1, 0.15) is 5.56 Å². The van der Waals surface area contributed by atoms with Gasteiger partial charge in [-0.2, -0.15) is 4.98 Å². The molecule has 9 heteroatoms. The van der Waals surface area contributed by atoms with Crippen molar-refractivity contribution >= 4 is 17.8 Å². The van der Waals surface area contributed by atoms with Crippen molar-refractivity contribution in [3.8, 4) is 5.88 Å². The van der Waals surface area contributed by atoms with Gasteiger partial charge in [-0.05, 0) is 45.6 Å². The first kappa shape index (κ1) is 18.8. The number of amides is 2. The Kier molecular flexibility index (Phi) is 6.00. The number of anilines is 1. The molecule has 0 aromatic carbocycles. The summed E-state index contributed by atoms with van der Waals surface area (Å²) in [5, 5.41) is 14.2. The van der Waals surface area contributed by atoms with Gasteiger partial charge in [0, 0.05) is 12.1 Å². The monoisotopic (exact) mass is 354 g/mol. The molecule has 0 aliphatic heterocycles. The smallest absolute Gasteiger partial charge is 0.404 e. The zero-order valence-electron chi connectivity index (χ0n) is 14.2. The number of primary amides is 1. The number of ether oxygens (including phenoxy) is 1. The van der Waals surface area contributed by atoms with E-state index in [4.69, 9.17) is 15.6 Å². The molecule has 0 unspecified atom stereocenters. The summed E-state index contributed by atoms with van der Waals surface area (Å²) in [4.78, 5) is 26.2. The normalized spacial score (nSPS) is 20.2. The second kappa shape index (κ2) is 8.00. The van der Waals surface area contributed by atoms with Crippen LogP contribution >= 0.6 is 0 Å². The van der Waals surface area contributed by atoms with E-state index in [-0.39, 0.29) is 35.4 Å². The number of hydrogen-bond donors (Lipinski definition) is 4. The van der Waals surface area contributed by atoms with E-state index in [1.165, 1.54) is 0 Å². The Morgan fingerprint density at radius 3 is 2.44 bits per heavy atom. The van der Waals surface area contributed by atoms with Crippen molar-refractivity contribution in [2.75, 3.05) is 5.32 Å². The minimum atomic E-state index is -1.04. The van der Waals surface area contributed by atoms with Crippen molar-refractivity contribution in [2.45, 2.75) is 57.7 Å². The second-order valence-electron chi connectivity index (χ2n) is 6.34. The van der Waals surface area contributed by atoms with Crippen molar-refractivity contribution in [3.63, 3.8) is 0 Å². The molecule has 1 heterocycles. The van der Waals surface area contributed by atoms with Crippen molar-refractivity contribution in [1.82, 2.24) is 10.3 Å². The number of hydrogen-bond acceptors (Lipinski definition) is 5. The van der Waals surface area contributed by atoms with Gasteiger partial charge in [-0.15, -0.1) is 0 Å². The lowest BCUT2D eigenvalue weighted by atomic mass is 9.91. The van der Waals surface area contributed by atoms with Gasteiger partial charge in [-0.3, -0.25) is 4.79 Å². The van der Waals surface area contributed by atoms with Crippen LogP contribution in [0.15, 0.2) is 6.07 Å². The van der Waals surface area contributed by atoms with E-state index in [0.717, 1.165) is 6.07 Å². The molecule has 8 nitrogen and oxygen atoms in total. The van der Waals surface area contributed by atoms with Gasteiger partial charge in [0.25, 0.3) is 5.91 Å². The number of nitrogens with one attached hydrogen (secondary N) is 2. The molecule has 1 aliphatic carbocycles. The fourth-order valence-corrected chi connectivity index (χ4v) is 2.81. The van der Waals surface area contributed by atoms with E-state index in [9.17, 15) is 14.0 Å². The van der Waals surface area contributed by atoms with E-state index in [1.807, 2.05) is 0 Å². The summed E-state index contributed by atoms with van der Waals surface area (Å²) in [6.07, 6.45) is 1.36. The average molecular weight is 354 g/mol. The number of carbonyl (C=O) groups is 2. The first-order chi connectivity index (χ1) is 11.8. The summed E-state index contributed by atoms with van der Waals surface area (Å²) in [6, 6.07) is 0.887.